The Kier molecular flexibility index (Phi) is 4.53. The largest absolute Gasteiger partial charge is 0.359 e. The number of hydrogen-bond acceptors (Lipinski definition) is 2. The summed E-state index contributed by atoms with van der Waals surface area (Å²) in [4.78, 5) is 6.43. The summed E-state index contributed by atoms with van der Waals surface area (Å²) < 4.78 is 14.1. The van der Waals surface area contributed by atoms with Crippen LogP contribution in [0.3, 0.4) is 0 Å². The van der Waals surface area contributed by atoms with Crippen LogP contribution in [0.5, 0.6) is 0 Å². The van der Waals surface area contributed by atoms with Crippen molar-refractivity contribution in [3.05, 3.63) is 57.9 Å². The summed E-state index contributed by atoms with van der Waals surface area (Å²) in [5, 5.41) is 0. The fourth-order valence-corrected chi connectivity index (χ4v) is 2.10. The fourth-order valence-electron chi connectivity index (χ4n) is 1.87. The smallest absolute Gasteiger partial charge is 0.128 e. The van der Waals surface area contributed by atoms with E-state index in [1.165, 1.54) is 6.07 Å². The van der Waals surface area contributed by atoms with Crippen molar-refractivity contribution in [3.8, 4) is 0 Å². The average Bonchev–Trinajstić information content (AvgIpc) is 2.40. The Balaban J connectivity index is 1.98. The molecule has 0 amide bonds. The van der Waals surface area contributed by atoms with Crippen LogP contribution in [0.1, 0.15) is 11.1 Å². The number of hydrogen-bond donors (Lipinski definition) is 0. The Morgan fingerprint density at radius 2 is 2.05 bits per heavy atom. The Bertz CT molecular complexity index is 555. The number of pyridine rings is 1. The van der Waals surface area contributed by atoms with Gasteiger partial charge in [0, 0.05) is 24.3 Å². The van der Waals surface area contributed by atoms with Crippen molar-refractivity contribution in [1.82, 2.24) is 4.98 Å². The first-order valence-corrected chi connectivity index (χ1v) is 6.93. The van der Waals surface area contributed by atoms with Crippen molar-refractivity contribution in [1.29, 1.82) is 0 Å². The molecule has 2 aromatic rings. The minimum Gasteiger partial charge on any atom is -0.359 e. The van der Waals surface area contributed by atoms with Crippen LogP contribution in [0.2, 0.25) is 0 Å². The summed E-state index contributed by atoms with van der Waals surface area (Å²) in [6.45, 7) is 2.64. The third-order valence-corrected chi connectivity index (χ3v) is 3.53. The van der Waals surface area contributed by atoms with Gasteiger partial charge in [-0.3, -0.25) is 0 Å². The summed E-state index contributed by atoms with van der Waals surface area (Å²) >= 11 is 3.37. The van der Waals surface area contributed by atoms with E-state index in [2.05, 4.69) is 25.8 Å². The van der Waals surface area contributed by atoms with Crippen LogP contribution in [-0.2, 0) is 6.42 Å². The molecule has 0 N–H and O–H groups in total. The molecule has 1 heterocycles. The molecule has 0 spiro atoms. The maximum atomic E-state index is 13.2. The van der Waals surface area contributed by atoms with E-state index in [1.54, 1.807) is 13.1 Å². The molecule has 100 valence electrons. The van der Waals surface area contributed by atoms with Gasteiger partial charge in [-0.15, -0.1) is 0 Å². The van der Waals surface area contributed by atoms with E-state index in [0.717, 1.165) is 28.8 Å². The number of anilines is 1. The van der Waals surface area contributed by atoms with Crippen molar-refractivity contribution in [2.24, 2.45) is 0 Å². The Labute approximate surface area is 121 Å². The zero-order valence-corrected chi connectivity index (χ0v) is 12.6. The summed E-state index contributed by atoms with van der Waals surface area (Å²) in [5.74, 6) is 0.786. The molecule has 1 aromatic heterocycles. The standard InChI is InChI=1S/C15H16BrFN2/c1-11-9-12(3-5-14(11)17)7-8-19(2)15-6-4-13(16)10-18-15/h3-6,9-10H,7-8H2,1-2H3. The van der Waals surface area contributed by atoms with Gasteiger partial charge < -0.3 is 4.90 Å². The van der Waals surface area contributed by atoms with Gasteiger partial charge in [-0.25, -0.2) is 9.37 Å². The van der Waals surface area contributed by atoms with Crippen LogP contribution in [0.15, 0.2) is 41.0 Å². The number of aryl methyl sites for hydroxylation is 1. The van der Waals surface area contributed by atoms with Crippen molar-refractivity contribution in [2.45, 2.75) is 13.3 Å². The molecule has 0 saturated carbocycles. The van der Waals surface area contributed by atoms with Crippen LogP contribution in [0.25, 0.3) is 0 Å². The first-order chi connectivity index (χ1) is 9.06. The van der Waals surface area contributed by atoms with Gasteiger partial charge in [-0.05, 0) is 58.6 Å². The molecule has 0 fully saturated rings. The Morgan fingerprint density at radius 1 is 1.26 bits per heavy atom. The molecule has 0 unspecified atom stereocenters. The van der Waals surface area contributed by atoms with Gasteiger partial charge in [-0.2, -0.15) is 0 Å². The third-order valence-electron chi connectivity index (χ3n) is 3.06. The number of rotatable bonds is 4. The van der Waals surface area contributed by atoms with Crippen LogP contribution in [-0.4, -0.2) is 18.6 Å². The van der Waals surface area contributed by atoms with E-state index in [0.29, 0.717) is 5.56 Å². The second-order valence-electron chi connectivity index (χ2n) is 4.59. The van der Waals surface area contributed by atoms with E-state index in [9.17, 15) is 4.39 Å². The lowest BCUT2D eigenvalue weighted by Crippen LogP contribution is -2.21. The zero-order valence-electron chi connectivity index (χ0n) is 11.0. The number of likely N-dealkylation sites (N-methyl/N-ethyl adjacent to an activating group) is 1. The number of nitrogens with zero attached hydrogens (tertiary/aromatic N) is 2. The molecule has 0 radical (unpaired) electrons. The first-order valence-electron chi connectivity index (χ1n) is 6.14. The molecule has 2 nitrogen and oxygen atoms in total. The lowest BCUT2D eigenvalue weighted by molar-refractivity contribution is 0.617. The lowest BCUT2D eigenvalue weighted by atomic mass is 10.1. The third kappa shape index (κ3) is 3.77. The van der Waals surface area contributed by atoms with Crippen LogP contribution < -0.4 is 4.90 Å². The second-order valence-corrected chi connectivity index (χ2v) is 5.51. The highest BCUT2D eigenvalue weighted by Crippen LogP contribution is 2.15. The van der Waals surface area contributed by atoms with Gasteiger partial charge in [0.25, 0.3) is 0 Å². The number of halogens is 2. The molecular formula is C15H16BrFN2. The van der Waals surface area contributed by atoms with E-state index < -0.39 is 0 Å². The number of benzene rings is 1. The summed E-state index contributed by atoms with van der Waals surface area (Å²) in [5.41, 5.74) is 1.84. The highest BCUT2D eigenvalue weighted by Gasteiger charge is 2.04. The first kappa shape index (κ1) is 14.0. The quantitative estimate of drug-likeness (QED) is 0.846. The van der Waals surface area contributed by atoms with Crippen LogP contribution in [0, 0.1) is 12.7 Å². The molecule has 4 heteroatoms. The van der Waals surface area contributed by atoms with Crippen molar-refractivity contribution in [3.63, 3.8) is 0 Å². The molecule has 0 aliphatic carbocycles. The molecule has 19 heavy (non-hydrogen) atoms. The van der Waals surface area contributed by atoms with E-state index in [4.69, 9.17) is 0 Å². The second kappa shape index (κ2) is 6.15. The van der Waals surface area contributed by atoms with Gasteiger partial charge in [0.1, 0.15) is 11.6 Å². The lowest BCUT2D eigenvalue weighted by Gasteiger charge is -2.18. The summed E-state index contributed by atoms with van der Waals surface area (Å²) in [6.07, 6.45) is 2.66. The fraction of sp³-hybridized carbons (Fsp3) is 0.267. The van der Waals surface area contributed by atoms with Gasteiger partial charge in [0.2, 0.25) is 0 Å². The van der Waals surface area contributed by atoms with Crippen LogP contribution in [0.4, 0.5) is 10.2 Å². The monoisotopic (exact) mass is 322 g/mol. The van der Waals surface area contributed by atoms with E-state index >= 15 is 0 Å². The highest BCUT2D eigenvalue weighted by atomic mass is 79.9. The molecule has 2 rings (SSSR count). The predicted octanol–water partition coefficient (Wildman–Crippen LogP) is 3.97. The number of aromatic nitrogens is 1. The topological polar surface area (TPSA) is 16.1 Å². The molecule has 0 saturated heterocycles. The Hall–Kier alpha value is -1.42. The summed E-state index contributed by atoms with van der Waals surface area (Å²) in [6, 6.07) is 9.22. The molecule has 0 bridgehead atoms. The van der Waals surface area contributed by atoms with Gasteiger partial charge in [0.15, 0.2) is 0 Å². The molecule has 0 aliphatic heterocycles. The predicted molar refractivity (Wildman–Crippen MR) is 80.0 cm³/mol. The molecular weight excluding hydrogens is 307 g/mol. The summed E-state index contributed by atoms with van der Waals surface area (Å²) in [7, 11) is 2.01. The van der Waals surface area contributed by atoms with Crippen molar-refractivity contribution in [2.75, 3.05) is 18.5 Å². The SMILES string of the molecule is Cc1cc(CCN(C)c2ccc(Br)cn2)ccc1F. The maximum Gasteiger partial charge on any atom is 0.128 e. The van der Waals surface area contributed by atoms with Gasteiger partial charge in [0.05, 0.1) is 0 Å². The van der Waals surface area contributed by atoms with Crippen molar-refractivity contribution >= 4 is 21.7 Å². The zero-order chi connectivity index (χ0) is 13.8. The average molecular weight is 323 g/mol. The molecule has 0 aliphatic rings. The maximum absolute atomic E-state index is 13.2. The van der Waals surface area contributed by atoms with E-state index in [1.807, 2.05) is 31.3 Å². The molecule has 1 aromatic carbocycles. The Morgan fingerprint density at radius 3 is 2.68 bits per heavy atom. The van der Waals surface area contributed by atoms with Gasteiger partial charge in [-0.1, -0.05) is 12.1 Å². The van der Waals surface area contributed by atoms with Crippen molar-refractivity contribution < 1.29 is 4.39 Å². The minimum atomic E-state index is -0.147. The highest BCUT2D eigenvalue weighted by molar-refractivity contribution is 9.10. The van der Waals surface area contributed by atoms with E-state index in [-0.39, 0.29) is 5.82 Å². The molecule has 0 atom stereocenters. The van der Waals surface area contributed by atoms with Crippen LogP contribution >= 0.6 is 15.9 Å². The van der Waals surface area contributed by atoms with Gasteiger partial charge >= 0.3 is 0 Å². The normalized spacial score (nSPS) is 10.5. The minimum absolute atomic E-state index is 0.147.